The van der Waals surface area contributed by atoms with Crippen molar-refractivity contribution in [3.8, 4) is 11.1 Å². The van der Waals surface area contributed by atoms with Gasteiger partial charge in [-0.2, -0.15) is 0 Å². The van der Waals surface area contributed by atoms with Crippen LogP contribution < -0.4 is 15.1 Å². The number of anilines is 2. The van der Waals surface area contributed by atoms with Crippen LogP contribution in [-0.4, -0.2) is 62.8 Å². The standard InChI is InChI=1S/C27H32N4O3/c1-18-17-30(26(32)22-8-9-22)25-16-23(10-11-24(25)31(18)27(33)34-3)21-6-4-20(5-7-21)19(2)29-14-12-28-13-15-29/h4-7,10-11,16,18,22,28H,2,8-9,12-15,17H2,1,3H3. The zero-order chi connectivity index (χ0) is 23.8. The van der Waals surface area contributed by atoms with Crippen LogP contribution in [-0.2, 0) is 9.53 Å². The van der Waals surface area contributed by atoms with E-state index in [1.54, 1.807) is 4.90 Å². The molecular formula is C27H32N4O3. The summed E-state index contributed by atoms with van der Waals surface area (Å²) in [5.74, 6) is 0.251. The molecule has 34 heavy (non-hydrogen) atoms. The first-order chi connectivity index (χ1) is 16.5. The number of methoxy groups -OCH3 is 1. The molecule has 2 amide bonds. The van der Waals surface area contributed by atoms with Crippen LogP contribution in [0.5, 0.6) is 0 Å². The number of carbonyl (C=O) groups excluding carboxylic acids is 2. The van der Waals surface area contributed by atoms with Crippen LogP contribution >= 0.6 is 0 Å². The molecule has 7 heteroatoms. The second-order valence-corrected chi connectivity index (χ2v) is 9.38. The second kappa shape index (κ2) is 9.14. The van der Waals surface area contributed by atoms with Crippen molar-refractivity contribution in [2.24, 2.45) is 5.92 Å². The molecule has 2 aromatic rings. The Morgan fingerprint density at radius 2 is 1.68 bits per heavy atom. The van der Waals surface area contributed by atoms with Gasteiger partial charge in [-0.25, -0.2) is 4.79 Å². The fourth-order valence-electron chi connectivity index (χ4n) is 4.91. The zero-order valence-electron chi connectivity index (χ0n) is 19.9. The number of rotatable bonds is 4. The van der Waals surface area contributed by atoms with Crippen LogP contribution in [0.3, 0.4) is 0 Å². The lowest BCUT2D eigenvalue weighted by atomic mass is 9.99. The Morgan fingerprint density at radius 1 is 1.00 bits per heavy atom. The number of benzene rings is 2. The van der Waals surface area contributed by atoms with Crippen molar-refractivity contribution in [3.63, 3.8) is 0 Å². The van der Waals surface area contributed by atoms with Crippen LogP contribution in [0.2, 0.25) is 0 Å². The number of nitrogens with zero attached hydrogens (tertiary/aromatic N) is 3. The highest BCUT2D eigenvalue weighted by atomic mass is 16.5. The summed E-state index contributed by atoms with van der Waals surface area (Å²) in [6.07, 6.45) is 1.48. The largest absolute Gasteiger partial charge is 0.452 e. The lowest BCUT2D eigenvalue weighted by Gasteiger charge is -2.40. The summed E-state index contributed by atoms with van der Waals surface area (Å²) in [6, 6.07) is 14.2. The van der Waals surface area contributed by atoms with Gasteiger partial charge in [0.05, 0.1) is 24.5 Å². The van der Waals surface area contributed by atoms with Gasteiger partial charge in [-0.3, -0.25) is 9.69 Å². The number of hydrogen-bond donors (Lipinski definition) is 1. The summed E-state index contributed by atoms with van der Waals surface area (Å²) in [5.41, 5.74) is 5.70. The number of piperazine rings is 1. The molecule has 0 spiro atoms. The molecule has 2 aromatic carbocycles. The van der Waals surface area contributed by atoms with Crippen molar-refractivity contribution < 1.29 is 14.3 Å². The lowest BCUT2D eigenvalue weighted by Crippen LogP contribution is -2.52. The molecule has 7 nitrogen and oxygen atoms in total. The Bertz CT molecular complexity index is 1100. The lowest BCUT2D eigenvalue weighted by molar-refractivity contribution is -0.119. The molecule has 1 N–H and O–H groups in total. The Kier molecular flexibility index (Phi) is 6.04. The van der Waals surface area contributed by atoms with Gasteiger partial charge in [-0.05, 0) is 48.6 Å². The molecule has 2 aliphatic heterocycles. The number of carbonyl (C=O) groups is 2. The molecular weight excluding hydrogens is 428 g/mol. The molecule has 2 heterocycles. The normalized spacial score (nSPS) is 20.1. The molecule has 0 radical (unpaired) electrons. The van der Waals surface area contributed by atoms with E-state index in [0.717, 1.165) is 67.1 Å². The third kappa shape index (κ3) is 4.16. The van der Waals surface area contributed by atoms with Gasteiger partial charge >= 0.3 is 6.09 Å². The molecule has 1 saturated carbocycles. The predicted octanol–water partition coefficient (Wildman–Crippen LogP) is 3.95. The van der Waals surface area contributed by atoms with E-state index < -0.39 is 6.09 Å². The smallest absolute Gasteiger partial charge is 0.414 e. The first kappa shape index (κ1) is 22.5. The van der Waals surface area contributed by atoms with Crippen LogP contribution in [0.1, 0.15) is 25.3 Å². The highest BCUT2D eigenvalue weighted by Crippen LogP contribution is 2.42. The van der Waals surface area contributed by atoms with E-state index in [1.807, 2.05) is 30.0 Å². The minimum Gasteiger partial charge on any atom is -0.452 e. The van der Waals surface area contributed by atoms with Crippen LogP contribution in [0, 0.1) is 5.92 Å². The van der Waals surface area contributed by atoms with Gasteiger partial charge in [-0.1, -0.05) is 36.9 Å². The Morgan fingerprint density at radius 3 is 2.32 bits per heavy atom. The number of fused-ring (bicyclic) bond motifs is 1. The Hall–Kier alpha value is -3.32. The van der Waals surface area contributed by atoms with Gasteiger partial charge in [0.25, 0.3) is 0 Å². The average molecular weight is 461 g/mol. The van der Waals surface area contributed by atoms with Gasteiger partial charge < -0.3 is 19.9 Å². The summed E-state index contributed by atoms with van der Waals surface area (Å²) in [5, 5.41) is 3.37. The molecule has 1 saturated heterocycles. The molecule has 0 aromatic heterocycles. The number of hydrogen-bond acceptors (Lipinski definition) is 5. The minimum atomic E-state index is -0.407. The summed E-state index contributed by atoms with van der Waals surface area (Å²) in [4.78, 5) is 31.5. The average Bonchev–Trinajstić information content (AvgIpc) is 3.73. The zero-order valence-corrected chi connectivity index (χ0v) is 19.9. The number of amides is 2. The third-order valence-electron chi connectivity index (χ3n) is 7.03. The van der Waals surface area contributed by atoms with E-state index in [2.05, 4.69) is 41.1 Å². The quantitative estimate of drug-likeness (QED) is 0.749. The van der Waals surface area contributed by atoms with Gasteiger partial charge in [0.2, 0.25) is 5.91 Å². The third-order valence-corrected chi connectivity index (χ3v) is 7.03. The molecule has 3 aliphatic rings. The van der Waals surface area contributed by atoms with Crippen molar-refractivity contribution in [2.45, 2.75) is 25.8 Å². The van der Waals surface area contributed by atoms with E-state index in [4.69, 9.17) is 4.74 Å². The monoisotopic (exact) mass is 460 g/mol. The fourth-order valence-corrected chi connectivity index (χ4v) is 4.91. The van der Waals surface area contributed by atoms with E-state index >= 15 is 0 Å². The predicted molar refractivity (Wildman–Crippen MR) is 135 cm³/mol. The highest BCUT2D eigenvalue weighted by Gasteiger charge is 2.40. The first-order valence-electron chi connectivity index (χ1n) is 12.1. The molecule has 1 aliphatic carbocycles. The summed E-state index contributed by atoms with van der Waals surface area (Å²) in [6.45, 7) is 10.6. The van der Waals surface area contributed by atoms with Crippen LogP contribution in [0.4, 0.5) is 16.2 Å². The maximum absolute atomic E-state index is 13.1. The maximum Gasteiger partial charge on any atom is 0.414 e. The van der Waals surface area contributed by atoms with Crippen molar-refractivity contribution in [3.05, 3.63) is 54.6 Å². The summed E-state index contributed by atoms with van der Waals surface area (Å²) < 4.78 is 5.04. The fraction of sp³-hybridized carbons (Fsp3) is 0.407. The van der Waals surface area contributed by atoms with E-state index in [0.29, 0.717) is 12.2 Å². The number of nitrogens with one attached hydrogen (secondary N) is 1. The van der Waals surface area contributed by atoms with Crippen molar-refractivity contribution in [1.82, 2.24) is 10.2 Å². The molecule has 2 fully saturated rings. The molecule has 1 atom stereocenters. The minimum absolute atomic E-state index is 0.101. The van der Waals surface area contributed by atoms with Gasteiger partial charge in [0, 0.05) is 44.3 Å². The van der Waals surface area contributed by atoms with Crippen molar-refractivity contribution in [2.75, 3.05) is 49.6 Å². The van der Waals surface area contributed by atoms with Crippen molar-refractivity contribution >= 4 is 29.1 Å². The summed E-state index contributed by atoms with van der Waals surface area (Å²) in [7, 11) is 1.39. The Labute approximate surface area is 201 Å². The van der Waals surface area contributed by atoms with Crippen molar-refractivity contribution in [1.29, 1.82) is 0 Å². The SMILES string of the molecule is C=C(c1ccc(-c2ccc3c(c2)N(C(=O)C2CC2)CC(C)N3C(=O)OC)cc1)N1CCNCC1. The van der Waals surface area contributed by atoms with Gasteiger partial charge in [0.1, 0.15) is 0 Å². The molecule has 178 valence electrons. The Balaban J connectivity index is 1.46. The molecule has 1 unspecified atom stereocenters. The van der Waals surface area contributed by atoms with E-state index in [9.17, 15) is 9.59 Å². The number of ether oxygens (including phenoxy) is 1. The molecule has 0 bridgehead atoms. The van der Waals surface area contributed by atoms with Gasteiger partial charge in [-0.15, -0.1) is 0 Å². The van der Waals surface area contributed by atoms with E-state index in [-0.39, 0.29) is 17.9 Å². The van der Waals surface area contributed by atoms with Gasteiger partial charge in [0.15, 0.2) is 0 Å². The topological polar surface area (TPSA) is 65.1 Å². The van der Waals surface area contributed by atoms with E-state index in [1.165, 1.54) is 7.11 Å². The van der Waals surface area contributed by atoms with Crippen LogP contribution in [0.15, 0.2) is 49.0 Å². The summed E-state index contributed by atoms with van der Waals surface area (Å²) >= 11 is 0. The molecule has 5 rings (SSSR count). The maximum atomic E-state index is 13.1. The highest BCUT2D eigenvalue weighted by molar-refractivity contribution is 6.05. The van der Waals surface area contributed by atoms with Crippen LogP contribution in [0.25, 0.3) is 16.8 Å². The first-order valence-corrected chi connectivity index (χ1v) is 12.1. The second-order valence-electron chi connectivity index (χ2n) is 9.38.